The summed E-state index contributed by atoms with van der Waals surface area (Å²) < 4.78 is 5.43. The van der Waals surface area contributed by atoms with Gasteiger partial charge in [-0.3, -0.25) is 0 Å². The number of hydrogen-bond donors (Lipinski definition) is 2. The van der Waals surface area contributed by atoms with Gasteiger partial charge in [0.15, 0.2) is 0 Å². The molecular formula is C18H29N3O2. The lowest BCUT2D eigenvalue weighted by atomic mass is 10.1. The molecule has 1 amide bonds. The van der Waals surface area contributed by atoms with Crippen molar-refractivity contribution in [3.8, 4) is 0 Å². The molecule has 0 bridgehead atoms. The van der Waals surface area contributed by atoms with Crippen LogP contribution < -0.4 is 11.1 Å². The van der Waals surface area contributed by atoms with E-state index in [1.807, 2.05) is 39.8 Å². The highest BCUT2D eigenvalue weighted by atomic mass is 16.6. The Bertz CT molecular complexity index is 539. The van der Waals surface area contributed by atoms with Gasteiger partial charge in [0.05, 0.1) is 0 Å². The van der Waals surface area contributed by atoms with Crippen LogP contribution in [0.5, 0.6) is 0 Å². The molecule has 5 nitrogen and oxygen atoms in total. The van der Waals surface area contributed by atoms with Gasteiger partial charge in [-0.05, 0) is 45.2 Å². The highest BCUT2D eigenvalue weighted by Crippen LogP contribution is 2.36. The first-order valence-electron chi connectivity index (χ1n) is 8.37. The van der Waals surface area contributed by atoms with Gasteiger partial charge in [-0.25, -0.2) is 4.79 Å². The zero-order valence-electron chi connectivity index (χ0n) is 14.6. The fraction of sp³-hybridized carbons (Fsp3) is 0.611. The third-order valence-corrected chi connectivity index (χ3v) is 4.07. The minimum atomic E-state index is -0.463. The first kappa shape index (κ1) is 17.8. The van der Waals surface area contributed by atoms with Crippen molar-refractivity contribution in [1.29, 1.82) is 0 Å². The van der Waals surface area contributed by atoms with Crippen LogP contribution in [0, 0.1) is 0 Å². The van der Waals surface area contributed by atoms with Gasteiger partial charge in [0.25, 0.3) is 0 Å². The van der Waals surface area contributed by atoms with Gasteiger partial charge in [-0.1, -0.05) is 24.3 Å². The van der Waals surface area contributed by atoms with E-state index in [4.69, 9.17) is 10.5 Å². The summed E-state index contributed by atoms with van der Waals surface area (Å²) in [5.74, 6) is 0. The summed E-state index contributed by atoms with van der Waals surface area (Å²) in [6.45, 7) is 9.59. The number of carbonyl (C=O) groups is 1. The normalized spacial score (nSPS) is 20.2. The van der Waals surface area contributed by atoms with E-state index < -0.39 is 5.60 Å². The van der Waals surface area contributed by atoms with Crippen LogP contribution in [-0.4, -0.2) is 36.2 Å². The van der Waals surface area contributed by atoms with Gasteiger partial charge in [-0.2, -0.15) is 0 Å². The molecule has 0 radical (unpaired) electrons. The molecule has 0 fully saturated rings. The molecule has 128 valence electrons. The van der Waals surface area contributed by atoms with E-state index in [1.54, 1.807) is 4.90 Å². The van der Waals surface area contributed by atoms with Gasteiger partial charge in [0.1, 0.15) is 5.60 Å². The summed E-state index contributed by atoms with van der Waals surface area (Å²) in [4.78, 5) is 13.8. The van der Waals surface area contributed by atoms with Crippen molar-refractivity contribution >= 4 is 6.09 Å². The Morgan fingerprint density at radius 2 is 2.00 bits per heavy atom. The van der Waals surface area contributed by atoms with Crippen LogP contribution in [0.25, 0.3) is 0 Å². The second kappa shape index (κ2) is 7.32. The molecule has 2 unspecified atom stereocenters. The number of nitrogens with zero attached hydrogens (tertiary/aromatic N) is 1. The average molecular weight is 319 g/mol. The molecule has 1 aliphatic rings. The number of likely N-dealkylation sites (N-methyl/N-ethyl adjacent to an activating group) is 1. The van der Waals surface area contributed by atoms with Gasteiger partial charge >= 0.3 is 6.09 Å². The maximum atomic E-state index is 12.1. The molecule has 0 spiro atoms. The second-order valence-corrected chi connectivity index (χ2v) is 7.04. The molecule has 0 aliphatic heterocycles. The highest BCUT2D eigenvalue weighted by Gasteiger charge is 2.28. The smallest absolute Gasteiger partial charge is 0.410 e. The molecular weight excluding hydrogens is 290 g/mol. The number of nitrogens with one attached hydrogen (secondary N) is 1. The number of benzene rings is 1. The highest BCUT2D eigenvalue weighted by molar-refractivity contribution is 5.68. The van der Waals surface area contributed by atoms with Crippen LogP contribution in [0.4, 0.5) is 4.79 Å². The number of carbonyl (C=O) groups excluding carboxylic acids is 1. The summed E-state index contributed by atoms with van der Waals surface area (Å²) in [5.41, 5.74) is 8.23. The van der Waals surface area contributed by atoms with Gasteiger partial charge in [-0.15, -0.1) is 0 Å². The standard InChI is InChI=1S/C18H29N3O2/c1-5-21(17(22)23-18(2,3)4)11-10-20-16-12-15(19)13-8-6-7-9-14(13)16/h6-9,15-16,20H,5,10-12,19H2,1-4H3. The molecule has 0 heterocycles. The van der Waals surface area contributed by atoms with Crippen molar-refractivity contribution in [2.75, 3.05) is 19.6 Å². The van der Waals surface area contributed by atoms with Crippen molar-refractivity contribution in [2.24, 2.45) is 5.73 Å². The Morgan fingerprint density at radius 3 is 2.61 bits per heavy atom. The van der Waals surface area contributed by atoms with Gasteiger partial charge in [0, 0.05) is 31.7 Å². The first-order chi connectivity index (χ1) is 10.8. The zero-order valence-corrected chi connectivity index (χ0v) is 14.6. The van der Waals surface area contributed by atoms with Crippen LogP contribution in [0.2, 0.25) is 0 Å². The van der Waals surface area contributed by atoms with Crippen molar-refractivity contribution in [1.82, 2.24) is 10.2 Å². The Kier molecular flexibility index (Phi) is 5.65. The molecule has 1 aromatic rings. The number of rotatable bonds is 5. The molecule has 1 aliphatic carbocycles. The molecule has 3 N–H and O–H groups in total. The fourth-order valence-electron chi connectivity index (χ4n) is 2.95. The summed E-state index contributed by atoms with van der Waals surface area (Å²) >= 11 is 0. The van der Waals surface area contributed by atoms with Crippen LogP contribution in [0.3, 0.4) is 0 Å². The average Bonchev–Trinajstić information content (AvgIpc) is 2.79. The SMILES string of the molecule is CCN(CCNC1CC(N)c2ccccc21)C(=O)OC(C)(C)C. The summed E-state index contributed by atoms with van der Waals surface area (Å²) in [5, 5.41) is 3.52. The fourth-order valence-corrected chi connectivity index (χ4v) is 2.95. The topological polar surface area (TPSA) is 67.6 Å². The quantitative estimate of drug-likeness (QED) is 0.875. The van der Waals surface area contributed by atoms with Gasteiger partial charge in [0.2, 0.25) is 0 Å². The monoisotopic (exact) mass is 319 g/mol. The molecule has 5 heteroatoms. The minimum Gasteiger partial charge on any atom is -0.444 e. The number of fused-ring (bicyclic) bond motifs is 1. The van der Waals surface area contributed by atoms with Crippen LogP contribution in [0.1, 0.15) is 57.3 Å². The molecule has 1 aromatic carbocycles. The first-order valence-corrected chi connectivity index (χ1v) is 8.37. The lowest BCUT2D eigenvalue weighted by Crippen LogP contribution is -2.40. The van der Waals surface area contributed by atoms with E-state index in [0.717, 1.165) is 13.0 Å². The van der Waals surface area contributed by atoms with Crippen molar-refractivity contribution in [2.45, 2.75) is 51.8 Å². The number of nitrogens with two attached hydrogens (primary N) is 1. The van der Waals surface area contributed by atoms with E-state index in [9.17, 15) is 4.79 Å². The molecule has 2 rings (SSSR count). The number of ether oxygens (including phenoxy) is 1. The molecule has 0 saturated heterocycles. The van der Waals surface area contributed by atoms with E-state index >= 15 is 0 Å². The number of amides is 1. The zero-order chi connectivity index (χ0) is 17.0. The summed E-state index contributed by atoms with van der Waals surface area (Å²) in [7, 11) is 0. The second-order valence-electron chi connectivity index (χ2n) is 7.04. The van der Waals surface area contributed by atoms with Crippen molar-refractivity contribution in [3.63, 3.8) is 0 Å². The third-order valence-electron chi connectivity index (χ3n) is 4.07. The number of hydrogen-bond acceptors (Lipinski definition) is 4. The van der Waals surface area contributed by atoms with Crippen LogP contribution in [0.15, 0.2) is 24.3 Å². The molecule has 0 aromatic heterocycles. The Balaban J connectivity index is 1.86. The third kappa shape index (κ3) is 4.69. The molecule has 0 saturated carbocycles. The van der Waals surface area contributed by atoms with Crippen molar-refractivity contribution < 1.29 is 9.53 Å². The Labute approximate surface area is 139 Å². The predicted octanol–water partition coefficient (Wildman–Crippen LogP) is 2.98. The minimum absolute atomic E-state index is 0.0943. The lowest BCUT2D eigenvalue weighted by Gasteiger charge is -2.27. The molecule has 2 atom stereocenters. The van der Waals surface area contributed by atoms with E-state index in [2.05, 4.69) is 17.4 Å². The van der Waals surface area contributed by atoms with E-state index in [-0.39, 0.29) is 18.2 Å². The van der Waals surface area contributed by atoms with E-state index in [0.29, 0.717) is 13.1 Å². The van der Waals surface area contributed by atoms with E-state index in [1.165, 1.54) is 11.1 Å². The van der Waals surface area contributed by atoms with Crippen LogP contribution >= 0.6 is 0 Å². The molecule has 23 heavy (non-hydrogen) atoms. The van der Waals surface area contributed by atoms with Crippen LogP contribution in [-0.2, 0) is 4.74 Å². The summed E-state index contributed by atoms with van der Waals surface area (Å²) in [6, 6.07) is 8.66. The lowest BCUT2D eigenvalue weighted by molar-refractivity contribution is 0.0261. The van der Waals surface area contributed by atoms with Crippen molar-refractivity contribution in [3.05, 3.63) is 35.4 Å². The van der Waals surface area contributed by atoms with Gasteiger partial charge < -0.3 is 20.7 Å². The summed E-state index contributed by atoms with van der Waals surface area (Å²) in [6.07, 6.45) is 0.642. The Hall–Kier alpha value is -1.59. The maximum absolute atomic E-state index is 12.1. The largest absolute Gasteiger partial charge is 0.444 e. The maximum Gasteiger partial charge on any atom is 0.410 e. The Morgan fingerprint density at radius 1 is 1.35 bits per heavy atom. The predicted molar refractivity (Wildman–Crippen MR) is 92.2 cm³/mol.